The molecule has 0 N–H and O–H groups in total. The van der Waals surface area contributed by atoms with Crippen LogP contribution in [-0.4, -0.2) is 38.4 Å². The fraction of sp³-hybridized carbons (Fsp3) is 0.417. The third-order valence-corrected chi connectivity index (χ3v) is 6.26. The van der Waals surface area contributed by atoms with Crippen LogP contribution in [-0.2, 0) is 19.6 Å². The van der Waals surface area contributed by atoms with Crippen LogP contribution in [0.2, 0.25) is 15.1 Å². The molecule has 0 aromatic heterocycles. The molecule has 116 valence electrons. The van der Waals surface area contributed by atoms with Gasteiger partial charge in [-0.2, -0.15) is 4.31 Å². The Morgan fingerprint density at radius 2 is 1.86 bits per heavy atom. The fourth-order valence-corrected chi connectivity index (χ4v) is 5.44. The number of hydrogen-bond donors (Lipinski definition) is 0. The summed E-state index contributed by atoms with van der Waals surface area (Å²) >= 11 is 17.7. The number of benzene rings is 1. The second-order valence-corrected chi connectivity index (χ2v) is 7.57. The van der Waals surface area contributed by atoms with Gasteiger partial charge in [-0.05, 0) is 25.0 Å². The second kappa shape index (κ2) is 6.30. The zero-order valence-electron chi connectivity index (χ0n) is 11.0. The number of ether oxygens (including phenoxy) is 1. The Bertz CT molecular complexity index is 654. The maximum absolute atomic E-state index is 12.7. The van der Waals surface area contributed by atoms with Gasteiger partial charge in [0.1, 0.15) is 10.9 Å². The topological polar surface area (TPSA) is 63.7 Å². The summed E-state index contributed by atoms with van der Waals surface area (Å²) in [7, 11) is -2.80. The van der Waals surface area contributed by atoms with Crippen molar-refractivity contribution < 1.29 is 17.9 Å². The van der Waals surface area contributed by atoms with Gasteiger partial charge in [-0.25, -0.2) is 8.42 Å². The molecule has 1 aromatic carbocycles. The number of methoxy groups -OCH3 is 1. The first-order valence-electron chi connectivity index (χ1n) is 6.03. The van der Waals surface area contributed by atoms with Crippen LogP contribution < -0.4 is 0 Å². The van der Waals surface area contributed by atoms with Crippen molar-refractivity contribution in [2.75, 3.05) is 13.7 Å². The molecule has 0 saturated carbocycles. The average molecular weight is 373 g/mol. The van der Waals surface area contributed by atoms with Crippen LogP contribution in [0.5, 0.6) is 0 Å². The van der Waals surface area contributed by atoms with Crippen LogP contribution in [0.1, 0.15) is 12.8 Å². The van der Waals surface area contributed by atoms with Crippen LogP contribution >= 0.6 is 34.8 Å². The lowest BCUT2D eigenvalue weighted by atomic mass is 10.2. The molecule has 1 saturated heterocycles. The van der Waals surface area contributed by atoms with Gasteiger partial charge >= 0.3 is 5.97 Å². The molecule has 1 heterocycles. The number of carbonyl (C=O) groups excluding carboxylic acids is 1. The first-order valence-corrected chi connectivity index (χ1v) is 8.60. The zero-order chi connectivity index (χ0) is 15.8. The van der Waals surface area contributed by atoms with Gasteiger partial charge in [0.2, 0.25) is 10.0 Å². The number of halogens is 3. The van der Waals surface area contributed by atoms with Crippen molar-refractivity contribution >= 4 is 50.8 Å². The summed E-state index contributed by atoms with van der Waals surface area (Å²) in [6, 6.07) is 1.73. The van der Waals surface area contributed by atoms with E-state index in [2.05, 4.69) is 4.74 Å². The highest BCUT2D eigenvalue weighted by Crippen LogP contribution is 2.37. The van der Waals surface area contributed by atoms with Crippen LogP contribution in [0.4, 0.5) is 0 Å². The molecule has 0 bridgehead atoms. The van der Waals surface area contributed by atoms with E-state index in [0.717, 1.165) is 4.31 Å². The Morgan fingerprint density at radius 1 is 1.29 bits per heavy atom. The standard InChI is InChI=1S/C12H12Cl3NO4S/c1-20-12(17)10-3-2-4-16(10)21(18,19)11-8(14)5-7(13)6-9(11)15/h5-6,10H,2-4H2,1H3. The minimum Gasteiger partial charge on any atom is -0.468 e. The summed E-state index contributed by atoms with van der Waals surface area (Å²) in [5.41, 5.74) is 0. The first kappa shape index (κ1) is 16.8. The second-order valence-electron chi connectivity index (χ2n) is 4.50. The summed E-state index contributed by atoms with van der Waals surface area (Å²) in [6.45, 7) is 0.206. The number of nitrogens with zero attached hydrogens (tertiary/aromatic N) is 1. The van der Waals surface area contributed by atoms with Crippen molar-refractivity contribution in [1.82, 2.24) is 4.31 Å². The lowest BCUT2D eigenvalue weighted by Gasteiger charge is -2.23. The maximum atomic E-state index is 12.7. The first-order chi connectivity index (χ1) is 9.78. The van der Waals surface area contributed by atoms with Crippen molar-refractivity contribution in [3.63, 3.8) is 0 Å². The predicted octanol–water partition coefficient (Wildman–Crippen LogP) is 2.97. The molecule has 0 spiro atoms. The monoisotopic (exact) mass is 371 g/mol. The SMILES string of the molecule is COC(=O)C1CCCN1S(=O)(=O)c1c(Cl)cc(Cl)cc1Cl. The maximum Gasteiger partial charge on any atom is 0.324 e. The fourth-order valence-electron chi connectivity index (χ4n) is 2.29. The third-order valence-electron chi connectivity index (χ3n) is 3.21. The quantitative estimate of drug-likeness (QED) is 0.765. The van der Waals surface area contributed by atoms with Gasteiger partial charge in [0.25, 0.3) is 0 Å². The van der Waals surface area contributed by atoms with Gasteiger partial charge in [-0.1, -0.05) is 34.8 Å². The van der Waals surface area contributed by atoms with Gasteiger partial charge in [0.15, 0.2) is 0 Å². The van der Waals surface area contributed by atoms with Crippen molar-refractivity contribution in [1.29, 1.82) is 0 Å². The van der Waals surface area contributed by atoms with E-state index >= 15 is 0 Å². The summed E-state index contributed by atoms with van der Waals surface area (Å²) in [5.74, 6) is -0.600. The molecule has 9 heteroatoms. The lowest BCUT2D eigenvalue weighted by Crippen LogP contribution is -2.41. The Kier molecular flexibility index (Phi) is 5.05. The van der Waals surface area contributed by atoms with E-state index in [9.17, 15) is 13.2 Å². The minimum absolute atomic E-state index is 0.0805. The molecule has 5 nitrogen and oxygen atoms in total. The molecule has 1 aliphatic rings. The van der Waals surface area contributed by atoms with Crippen molar-refractivity contribution in [2.24, 2.45) is 0 Å². The average Bonchev–Trinajstić information content (AvgIpc) is 2.86. The summed E-state index contributed by atoms with van der Waals surface area (Å²) in [5, 5.41) is 0.0703. The highest BCUT2D eigenvalue weighted by atomic mass is 35.5. The van der Waals surface area contributed by atoms with Crippen molar-refractivity contribution in [2.45, 2.75) is 23.8 Å². The Morgan fingerprint density at radius 3 is 2.38 bits per heavy atom. The number of hydrogen-bond acceptors (Lipinski definition) is 4. The molecule has 1 fully saturated rings. The third kappa shape index (κ3) is 3.14. The van der Waals surface area contributed by atoms with Crippen LogP contribution in [0.15, 0.2) is 17.0 Å². The lowest BCUT2D eigenvalue weighted by molar-refractivity contribution is -0.144. The van der Waals surface area contributed by atoms with Gasteiger partial charge in [0, 0.05) is 11.6 Å². The Balaban J connectivity index is 2.50. The number of esters is 1. The van der Waals surface area contributed by atoms with E-state index in [-0.39, 0.29) is 26.5 Å². The molecule has 0 amide bonds. The largest absolute Gasteiger partial charge is 0.468 e. The molecular formula is C12H12Cl3NO4S. The smallest absolute Gasteiger partial charge is 0.324 e. The van der Waals surface area contributed by atoms with E-state index in [1.54, 1.807) is 0 Å². The molecule has 1 aromatic rings. The number of rotatable bonds is 3. The normalized spacial score (nSPS) is 19.7. The molecule has 0 aliphatic carbocycles. The van der Waals surface area contributed by atoms with Crippen molar-refractivity contribution in [3.8, 4) is 0 Å². The van der Waals surface area contributed by atoms with Gasteiger partial charge < -0.3 is 4.74 Å². The van der Waals surface area contributed by atoms with E-state index in [1.165, 1.54) is 19.2 Å². The van der Waals surface area contributed by atoms with Crippen LogP contribution in [0, 0.1) is 0 Å². The molecule has 0 radical (unpaired) electrons. The van der Waals surface area contributed by atoms with E-state index in [1.807, 2.05) is 0 Å². The van der Waals surface area contributed by atoms with E-state index in [4.69, 9.17) is 34.8 Å². The molecule has 1 aliphatic heterocycles. The highest BCUT2D eigenvalue weighted by Gasteiger charge is 2.41. The molecule has 1 atom stereocenters. The van der Waals surface area contributed by atoms with E-state index in [0.29, 0.717) is 12.8 Å². The van der Waals surface area contributed by atoms with Crippen LogP contribution in [0.3, 0.4) is 0 Å². The van der Waals surface area contributed by atoms with Crippen molar-refractivity contribution in [3.05, 3.63) is 27.2 Å². The Labute approximate surface area is 137 Å². The summed E-state index contributed by atoms with van der Waals surface area (Å²) in [4.78, 5) is 11.5. The minimum atomic E-state index is -4.01. The van der Waals surface area contributed by atoms with Gasteiger partial charge in [-0.15, -0.1) is 0 Å². The number of sulfonamides is 1. The molecular weight excluding hydrogens is 361 g/mol. The molecule has 2 rings (SSSR count). The molecule has 21 heavy (non-hydrogen) atoms. The van der Waals surface area contributed by atoms with E-state index < -0.39 is 22.0 Å². The predicted molar refractivity (Wildman–Crippen MR) is 80.4 cm³/mol. The Hall–Kier alpha value is -0.530. The summed E-state index contributed by atoms with van der Waals surface area (Å²) < 4.78 is 31.2. The summed E-state index contributed by atoms with van der Waals surface area (Å²) in [6.07, 6.45) is 0.955. The molecule has 1 unspecified atom stereocenters. The van der Waals surface area contributed by atoms with Crippen LogP contribution in [0.25, 0.3) is 0 Å². The van der Waals surface area contributed by atoms with Gasteiger partial charge in [-0.3, -0.25) is 4.79 Å². The highest BCUT2D eigenvalue weighted by molar-refractivity contribution is 7.89. The number of carbonyl (C=O) groups is 1. The van der Waals surface area contributed by atoms with Gasteiger partial charge in [0.05, 0.1) is 17.2 Å². The zero-order valence-corrected chi connectivity index (χ0v) is 14.1.